The minimum absolute atomic E-state index is 0.000690. The second-order valence-corrected chi connectivity index (χ2v) is 8.44. The van der Waals surface area contributed by atoms with E-state index < -0.39 is 35.8 Å². The number of anilines is 1. The lowest BCUT2D eigenvalue weighted by atomic mass is 10.0. The van der Waals surface area contributed by atoms with E-state index in [-0.39, 0.29) is 51.7 Å². The number of amides is 5. The summed E-state index contributed by atoms with van der Waals surface area (Å²) in [5.41, 5.74) is 14.5. The van der Waals surface area contributed by atoms with Gasteiger partial charge >= 0.3 is 6.03 Å². The highest BCUT2D eigenvalue weighted by atomic mass is 16.5. The Bertz CT molecular complexity index is 934. The molecule has 0 aliphatic carbocycles. The predicted molar refractivity (Wildman–Crippen MR) is 136 cm³/mol. The first-order valence-corrected chi connectivity index (χ1v) is 11.9. The SMILES string of the molecule is CC(C)C(NC(=O)CCOCCN=[N+]=[N-])C(=O)N[C@@H](CCCNC(N)=O)C(=O)Nc1ccc(CO)cc1. The number of aliphatic hydroxyl groups excluding tert-OH is 1. The van der Waals surface area contributed by atoms with E-state index in [0.29, 0.717) is 17.7 Å². The van der Waals surface area contributed by atoms with Crippen LogP contribution in [0.4, 0.5) is 10.5 Å². The quantitative estimate of drug-likeness (QED) is 0.0757. The van der Waals surface area contributed by atoms with E-state index in [4.69, 9.17) is 16.0 Å². The van der Waals surface area contributed by atoms with Gasteiger partial charge in [0.15, 0.2) is 0 Å². The number of benzene rings is 1. The Morgan fingerprint density at radius 1 is 1.11 bits per heavy atom. The summed E-state index contributed by atoms with van der Waals surface area (Å²) in [7, 11) is 0. The van der Waals surface area contributed by atoms with Crippen molar-refractivity contribution in [1.29, 1.82) is 0 Å². The highest BCUT2D eigenvalue weighted by molar-refractivity contribution is 5.98. The van der Waals surface area contributed by atoms with Crippen molar-refractivity contribution in [2.45, 2.75) is 51.8 Å². The third kappa shape index (κ3) is 13.1. The Morgan fingerprint density at radius 3 is 2.41 bits per heavy atom. The number of nitrogens with one attached hydrogen (secondary N) is 4. The Labute approximate surface area is 215 Å². The average Bonchev–Trinajstić information content (AvgIpc) is 2.86. The predicted octanol–water partition coefficient (Wildman–Crippen LogP) is 0.909. The maximum atomic E-state index is 13.1. The zero-order valence-electron chi connectivity index (χ0n) is 21.1. The van der Waals surface area contributed by atoms with Gasteiger partial charge in [0.25, 0.3) is 0 Å². The maximum Gasteiger partial charge on any atom is 0.312 e. The Morgan fingerprint density at radius 2 is 1.81 bits per heavy atom. The van der Waals surface area contributed by atoms with Crippen molar-refractivity contribution in [3.05, 3.63) is 40.3 Å². The molecule has 0 aliphatic heterocycles. The zero-order chi connectivity index (χ0) is 27.6. The van der Waals surface area contributed by atoms with E-state index in [1.165, 1.54) is 0 Å². The molecular formula is C23H36N8O6. The molecule has 1 unspecified atom stereocenters. The molecule has 0 spiro atoms. The molecule has 0 saturated carbocycles. The van der Waals surface area contributed by atoms with E-state index >= 15 is 0 Å². The van der Waals surface area contributed by atoms with Crippen LogP contribution < -0.4 is 27.0 Å². The molecule has 14 heteroatoms. The lowest BCUT2D eigenvalue weighted by Gasteiger charge is -2.25. The molecular weight excluding hydrogens is 484 g/mol. The third-order valence-electron chi connectivity index (χ3n) is 5.14. The average molecular weight is 521 g/mol. The van der Waals surface area contributed by atoms with Crippen LogP contribution in [0.25, 0.3) is 10.4 Å². The van der Waals surface area contributed by atoms with E-state index in [0.717, 1.165) is 0 Å². The summed E-state index contributed by atoms with van der Waals surface area (Å²) in [6.07, 6.45) is 0.556. The summed E-state index contributed by atoms with van der Waals surface area (Å²) in [5, 5.41) is 23.0. The molecule has 5 amide bonds. The van der Waals surface area contributed by atoms with Crippen molar-refractivity contribution in [3.63, 3.8) is 0 Å². The smallest absolute Gasteiger partial charge is 0.312 e. The standard InChI is InChI=1S/C23H36N8O6/c1-15(2)20(30-19(33)9-12-37-13-11-27-31-25)22(35)29-18(4-3-10-26-23(24)36)21(34)28-17-7-5-16(14-32)6-8-17/h5-8,15,18,20,32H,3-4,9-14H2,1-2H3,(H,28,34)(H,29,35)(H,30,33)(H3,24,26,36)/t18-,20?/m0/s1. The molecule has 1 aromatic carbocycles. The number of carbonyl (C=O) groups is 4. The largest absolute Gasteiger partial charge is 0.392 e. The van der Waals surface area contributed by atoms with Gasteiger partial charge in [0.05, 0.1) is 19.8 Å². The highest BCUT2D eigenvalue weighted by Gasteiger charge is 2.28. The van der Waals surface area contributed by atoms with Gasteiger partial charge in [0.1, 0.15) is 12.1 Å². The maximum absolute atomic E-state index is 13.1. The normalized spacial score (nSPS) is 12.1. The number of hydrogen-bond acceptors (Lipinski definition) is 7. The van der Waals surface area contributed by atoms with Gasteiger partial charge in [-0.1, -0.05) is 31.1 Å². The minimum atomic E-state index is -0.957. The number of nitrogens with two attached hydrogens (primary N) is 1. The topological polar surface area (TPSA) is 221 Å². The van der Waals surface area contributed by atoms with Gasteiger partial charge < -0.3 is 36.8 Å². The molecule has 0 aliphatic rings. The first kappa shape index (κ1) is 31.2. The van der Waals surface area contributed by atoms with Crippen molar-refractivity contribution in [1.82, 2.24) is 16.0 Å². The van der Waals surface area contributed by atoms with Gasteiger partial charge in [0.2, 0.25) is 17.7 Å². The van der Waals surface area contributed by atoms with Crippen molar-refractivity contribution >= 4 is 29.4 Å². The Kier molecular flexibility index (Phi) is 14.8. The second kappa shape index (κ2) is 17.5. The molecule has 0 aromatic heterocycles. The zero-order valence-corrected chi connectivity index (χ0v) is 21.1. The van der Waals surface area contributed by atoms with Crippen LogP contribution in [-0.4, -0.2) is 67.2 Å². The van der Waals surface area contributed by atoms with Gasteiger partial charge in [0, 0.05) is 30.1 Å². The van der Waals surface area contributed by atoms with Gasteiger partial charge in [-0.05, 0) is 42.0 Å². The van der Waals surface area contributed by atoms with Crippen molar-refractivity contribution < 1.29 is 29.0 Å². The summed E-state index contributed by atoms with van der Waals surface area (Å²) >= 11 is 0. The molecule has 2 atom stereocenters. The second-order valence-electron chi connectivity index (χ2n) is 8.44. The van der Waals surface area contributed by atoms with Crippen LogP contribution in [-0.2, 0) is 25.7 Å². The monoisotopic (exact) mass is 520 g/mol. The van der Waals surface area contributed by atoms with Gasteiger partial charge in [-0.15, -0.1) is 0 Å². The number of urea groups is 1. The van der Waals surface area contributed by atoms with Crippen molar-refractivity contribution in [2.24, 2.45) is 16.8 Å². The number of hydrogen-bond donors (Lipinski definition) is 6. The number of carbonyl (C=O) groups excluding carboxylic acids is 4. The fraction of sp³-hybridized carbons (Fsp3) is 0.565. The molecule has 1 rings (SSSR count). The number of aliphatic hydroxyl groups is 1. The number of azide groups is 1. The molecule has 0 bridgehead atoms. The number of ether oxygens (including phenoxy) is 1. The molecule has 0 heterocycles. The Hall–Kier alpha value is -3.87. The molecule has 37 heavy (non-hydrogen) atoms. The molecule has 0 saturated heterocycles. The molecule has 204 valence electrons. The van der Waals surface area contributed by atoms with Crippen molar-refractivity contribution in [2.75, 3.05) is 31.6 Å². The molecule has 14 nitrogen and oxygen atoms in total. The molecule has 1 aromatic rings. The van der Waals surface area contributed by atoms with Crippen LogP contribution in [0.2, 0.25) is 0 Å². The fourth-order valence-electron chi connectivity index (χ4n) is 3.17. The van der Waals surface area contributed by atoms with Crippen molar-refractivity contribution in [3.8, 4) is 0 Å². The first-order chi connectivity index (χ1) is 17.7. The number of nitrogens with zero attached hydrogens (tertiary/aromatic N) is 3. The highest BCUT2D eigenvalue weighted by Crippen LogP contribution is 2.12. The third-order valence-corrected chi connectivity index (χ3v) is 5.14. The van der Waals surface area contributed by atoms with E-state index in [1.807, 2.05) is 0 Å². The molecule has 7 N–H and O–H groups in total. The van der Waals surface area contributed by atoms with Crippen LogP contribution in [0.15, 0.2) is 29.4 Å². The van der Waals surface area contributed by atoms with E-state index in [2.05, 4.69) is 31.3 Å². The summed E-state index contributed by atoms with van der Waals surface area (Å²) in [6.45, 7) is 4.01. The van der Waals surface area contributed by atoms with E-state index in [1.54, 1.807) is 38.1 Å². The van der Waals surface area contributed by atoms with Crippen LogP contribution in [0.5, 0.6) is 0 Å². The minimum Gasteiger partial charge on any atom is -0.392 e. The van der Waals surface area contributed by atoms with Crippen LogP contribution in [0, 0.1) is 5.92 Å². The fourth-order valence-corrected chi connectivity index (χ4v) is 3.17. The Balaban J connectivity index is 2.79. The lowest BCUT2D eigenvalue weighted by Crippen LogP contribution is -2.54. The van der Waals surface area contributed by atoms with Crippen LogP contribution >= 0.6 is 0 Å². The summed E-state index contributed by atoms with van der Waals surface area (Å²) in [6, 6.07) is 4.01. The number of primary amides is 1. The first-order valence-electron chi connectivity index (χ1n) is 11.9. The van der Waals surface area contributed by atoms with Gasteiger partial charge in [-0.2, -0.15) is 0 Å². The summed E-state index contributed by atoms with van der Waals surface area (Å²) in [5.74, 6) is -1.70. The molecule has 0 fully saturated rings. The van der Waals surface area contributed by atoms with Gasteiger partial charge in [-0.3, -0.25) is 14.4 Å². The number of rotatable bonds is 17. The van der Waals surface area contributed by atoms with Gasteiger partial charge in [-0.25, -0.2) is 4.79 Å². The summed E-state index contributed by atoms with van der Waals surface area (Å²) < 4.78 is 5.22. The van der Waals surface area contributed by atoms with E-state index in [9.17, 15) is 24.3 Å². The molecule has 0 radical (unpaired) electrons. The summed E-state index contributed by atoms with van der Waals surface area (Å²) in [4.78, 5) is 51.9. The lowest BCUT2D eigenvalue weighted by molar-refractivity contribution is -0.132. The van der Waals surface area contributed by atoms with Crippen LogP contribution in [0.1, 0.15) is 38.7 Å². The van der Waals surface area contributed by atoms with Crippen LogP contribution in [0.3, 0.4) is 0 Å².